The Morgan fingerprint density at radius 2 is 1.70 bits per heavy atom. The van der Waals surface area contributed by atoms with Crippen LogP contribution in [0.2, 0.25) is 0 Å². The molecule has 0 bridgehead atoms. The van der Waals surface area contributed by atoms with Crippen LogP contribution in [0.15, 0.2) is 48.5 Å². The maximum atomic E-state index is 13.9. The van der Waals surface area contributed by atoms with Gasteiger partial charge in [0, 0.05) is 24.8 Å². The molecule has 1 N–H and O–H groups in total. The Morgan fingerprint density at radius 3 is 2.41 bits per heavy atom. The van der Waals surface area contributed by atoms with Gasteiger partial charge in [0.2, 0.25) is 5.95 Å². The summed E-state index contributed by atoms with van der Waals surface area (Å²) in [5, 5.41) is 2.63. The predicted octanol–water partition coefficient (Wildman–Crippen LogP) is 4.97. The number of anilines is 3. The molecular weight excluding hydrogens is 353 g/mol. The molecule has 27 heavy (non-hydrogen) atoms. The van der Waals surface area contributed by atoms with Gasteiger partial charge in [-0.05, 0) is 31.5 Å². The Balaban J connectivity index is 1.88. The second-order valence-electron chi connectivity index (χ2n) is 6.04. The van der Waals surface area contributed by atoms with E-state index in [1.807, 2.05) is 48.2 Å². The molecule has 3 rings (SSSR count). The molecule has 0 aliphatic heterocycles. The summed E-state index contributed by atoms with van der Waals surface area (Å²) in [6.07, 6.45) is 0. The quantitative estimate of drug-likeness (QED) is 0.620. The lowest BCUT2D eigenvalue weighted by Crippen LogP contribution is -2.23. The Hall–Kier alpha value is -3.09. The normalized spacial score (nSPS) is 10.7. The number of rotatable bonds is 6. The molecule has 0 atom stereocenters. The molecule has 140 valence electrons. The zero-order valence-corrected chi connectivity index (χ0v) is 15.0. The van der Waals surface area contributed by atoms with Crippen LogP contribution in [0.5, 0.6) is 0 Å². The minimum Gasteiger partial charge on any atom is -0.352 e. The summed E-state index contributed by atoms with van der Waals surface area (Å²) in [4.78, 5) is 10.7. The van der Waals surface area contributed by atoms with Crippen molar-refractivity contribution >= 4 is 17.5 Å². The Morgan fingerprint density at radius 1 is 0.963 bits per heavy atom. The summed E-state index contributed by atoms with van der Waals surface area (Å²) in [5.41, 5.74) is 1.56. The number of hydrogen-bond acceptors (Lipinski definition) is 4. The lowest BCUT2D eigenvalue weighted by Gasteiger charge is -2.23. The summed E-state index contributed by atoms with van der Waals surface area (Å²) in [5.74, 6) is -3.32. The number of aryl methyl sites for hydroxylation is 1. The fourth-order valence-corrected chi connectivity index (χ4v) is 2.67. The number of benzene rings is 2. The van der Waals surface area contributed by atoms with Crippen LogP contribution in [0.3, 0.4) is 0 Å². The standard InChI is InChI=1S/C20H19F3N4/c1-3-27(12-14-7-5-4-6-8-14)17-11-13(2)24-20(26-17)25-16-10-9-15(21)18(22)19(16)23/h4-11H,3,12H2,1-2H3,(H,24,25,26). The van der Waals surface area contributed by atoms with Gasteiger partial charge in [0.05, 0.1) is 5.69 Å². The van der Waals surface area contributed by atoms with Crippen LogP contribution in [0.25, 0.3) is 0 Å². The maximum absolute atomic E-state index is 13.9. The highest BCUT2D eigenvalue weighted by atomic mass is 19.2. The number of aromatic nitrogens is 2. The van der Waals surface area contributed by atoms with Crippen molar-refractivity contribution in [1.29, 1.82) is 0 Å². The van der Waals surface area contributed by atoms with E-state index in [1.54, 1.807) is 6.92 Å². The lowest BCUT2D eigenvalue weighted by atomic mass is 10.2. The lowest BCUT2D eigenvalue weighted by molar-refractivity contribution is 0.449. The third kappa shape index (κ3) is 4.36. The molecule has 0 aliphatic rings. The average molecular weight is 372 g/mol. The number of nitrogens with one attached hydrogen (secondary N) is 1. The van der Waals surface area contributed by atoms with Gasteiger partial charge in [-0.3, -0.25) is 0 Å². The van der Waals surface area contributed by atoms with Gasteiger partial charge in [0.25, 0.3) is 0 Å². The van der Waals surface area contributed by atoms with Crippen LogP contribution in [0.1, 0.15) is 18.2 Å². The predicted molar refractivity (Wildman–Crippen MR) is 99.5 cm³/mol. The van der Waals surface area contributed by atoms with Crippen molar-refractivity contribution in [2.75, 3.05) is 16.8 Å². The molecule has 0 saturated carbocycles. The monoisotopic (exact) mass is 372 g/mol. The fraction of sp³-hybridized carbons (Fsp3) is 0.200. The SMILES string of the molecule is CCN(Cc1ccccc1)c1cc(C)nc(Nc2ccc(F)c(F)c2F)n1. The third-order valence-corrected chi connectivity index (χ3v) is 4.04. The van der Waals surface area contributed by atoms with Crippen molar-refractivity contribution in [3.05, 3.63) is 77.2 Å². The first-order valence-corrected chi connectivity index (χ1v) is 8.53. The molecule has 3 aromatic rings. The molecule has 0 saturated heterocycles. The van der Waals surface area contributed by atoms with Gasteiger partial charge in [-0.25, -0.2) is 18.2 Å². The zero-order chi connectivity index (χ0) is 19.4. The summed E-state index contributed by atoms with van der Waals surface area (Å²) < 4.78 is 40.5. The van der Waals surface area contributed by atoms with Gasteiger partial charge in [-0.2, -0.15) is 4.98 Å². The smallest absolute Gasteiger partial charge is 0.229 e. The summed E-state index contributed by atoms with van der Waals surface area (Å²) >= 11 is 0. The van der Waals surface area contributed by atoms with Crippen molar-refractivity contribution < 1.29 is 13.2 Å². The molecule has 0 spiro atoms. The first kappa shape index (κ1) is 18.7. The molecule has 1 aromatic heterocycles. The van der Waals surface area contributed by atoms with E-state index >= 15 is 0 Å². The largest absolute Gasteiger partial charge is 0.352 e. The van der Waals surface area contributed by atoms with E-state index in [9.17, 15) is 13.2 Å². The highest BCUT2D eigenvalue weighted by molar-refractivity contribution is 5.56. The number of hydrogen-bond donors (Lipinski definition) is 1. The molecule has 0 unspecified atom stereocenters. The zero-order valence-electron chi connectivity index (χ0n) is 15.0. The third-order valence-electron chi connectivity index (χ3n) is 4.04. The fourth-order valence-electron chi connectivity index (χ4n) is 2.67. The molecule has 0 aliphatic carbocycles. The first-order valence-electron chi connectivity index (χ1n) is 8.53. The summed E-state index contributed by atoms with van der Waals surface area (Å²) in [6.45, 7) is 5.13. The maximum Gasteiger partial charge on any atom is 0.229 e. The second kappa shape index (κ2) is 8.07. The average Bonchev–Trinajstić information content (AvgIpc) is 2.67. The first-order chi connectivity index (χ1) is 13.0. The van der Waals surface area contributed by atoms with Crippen molar-refractivity contribution in [3.63, 3.8) is 0 Å². The van der Waals surface area contributed by atoms with Crippen molar-refractivity contribution in [1.82, 2.24) is 9.97 Å². The number of nitrogens with zero attached hydrogens (tertiary/aromatic N) is 3. The van der Waals surface area contributed by atoms with Gasteiger partial charge in [0.15, 0.2) is 17.5 Å². The molecule has 2 aromatic carbocycles. The molecule has 4 nitrogen and oxygen atoms in total. The van der Waals surface area contributed by atoms with Crippen LogP contribution in [0, 0.1) is 24.4 Å². The summed E-state index contributed by atoms with van der Waals surface area (Å²) in [7, 11) is 0. The van der Waals surface area contributed by atoms with Crippen LogP contribution < -0.4 is 10.2 Å². The molecule has 1 heterocycles. The van der Waals surface area contributed by atoms with Crippen LogP contribution in [-0.2, 0) is 6.54 Å². The Kier molecular flexibility index (Phi) is 5.59. The van der Waals surface area contributed by atoms with E-state index in [-0.39, 0.29) is 11.6 Å². The second-order valence-corrected chi connectivity index (χ2v) is 6.04. The van der Waals surface area contributed by atoms with E-state index in [0.29, 0.717) is 24.6 Å². The molecule has 0 amide bonds. The summed E-state index contributed by atoms with van der Waals surface area (Å²) in [6, 6.07) is 13.7. The van der Waals surface area contributed by atoms with E-state index in [4.69, 9.17) is 0 Å². The highest BCUT2D eigenvalue weighted by Crippen LogP contribution is 2.24. The van der Waals surface area contributed by atoms with Crippen molar-refractivity contribution in [3.8, 4) is 0 Å². The minimum atomic E-state index is -1.54. The van der Waals surface area contributed by atoms with Crippen molar-refractivity contribution in [2.45, 2.75) is 20.4 Å². The minimum absolute atomic E-state index is 0.112. The van der Waals surface area contributed by atoms with Gasteiger partial charge >= 0.3 is 0 Å². The van der Waals surface area contributed by atoms with Crippen LogP contribution >= 0.6 is 0 Å². The molecule has 7 heteroatoms. The van der Waals surface area contributed by atoms with E-state index in [0.717, 1.165) is 17.7 Å². The van der Waals surface area contributed by atoms with E-state index in [1.165, 1.54) is 0 Å². The van der Waals surface area contributed by atoms with E-state index < -0.39 is 17.5 Å². The van der Waals surface area contributed by atoms with Crippen LogP contribution in [-0.4, -0.2) is 16.5 Å². The number of halogens is 3. The van der Waals surface area contributed by atoms with E-state index in [2.05, 4.69) is 15.3 Å². The topological polar surface area (TPSA) is 41.1 Å². The van der Waals surface area contributed by atoms with Gasteiger partial charge in [-0.15, -0.1) is 0 Å². The highest BCUT2D eigenvalue weighted by Gasteiger charge is 2.15. The van der Waals surface area contributed by atoms with Gasteiger partial charge in [0.1, 0.15) is 5.82 Å². The van der Waals surface area contributed by atoms with Gasteiger partial charge < -0.3 is 10.2 Å². The van der Waals surface area contributed by atoms with Gasteiger partial charge in [-0.1, -0.05) is 30.3 Å². The molecule has 0 radical (unpaired) electrons. The molecule has 0 fully saturated rings. The van der Waals surface area contributed by atoms with Crippen LogP contribution in [0.4, 0.5) is 30.6 Å². The Bertz CT molecular complexity index is 932. The molecular formula is C20H19F3N4. The van der Waals surface area contributed by atoms with Crippen molar-refractivity contribution in [2.24, 2.45) is 0 Å². The Labute approximate surface area is 155 Å².